The summed E-state index contributed by atoms with van der Waals surface area (Å²) in [6.45, 7) is 9.60. The number of rotatable bonds is 7. The van der Waals surface area contributed by atoms with Crippen LogP contribution in [0.2, 0.25) is 25.7 Å². The fourth-order valence-corrected chi connectivity index (χ4v) is 4.88. The molecule has 37 heavy (non-hydrogen) atoms. The maximum absolute atomic E-state index is 15.3. The van der Waals surface area contributed by atoms with Gasteiger partial charge in [0.2, 0.25) is 5.88 Å². The average molecular weight is 610 g/mol. The van der Waals surface area contributed by atoms with Gasteiger partial charge in [-0.05, 0) is 42.0 Å². The van der Waals surface area contributed by atoms with Gasteiger partial charge in [0.25, 0.3) is 5.91 Å². The highest BCUT2D eigenvalue weighted by Gasteiger charge is 2.38. The van der Waals surface area contributed by atoms with Crippen molar-refractivity contribution >= 4 is 41.3 Å². The molecule has 0 bridgehead atoms. The van der Waals surface area contributed by atoms with Gasteiger partial charge in [-0.2, -0.15) is 13.2 Å². The van der Waals surface area contributed by atoms with Gasteiger partial charge in [-0.15, -0.1) is 0 Å². The molecule has 1 aromatic heterocycles. The van der Waals surface area contributed by atoms with Crippen molar-refractivity contribution in [3.8, 4) is 5.88 Å². The normalized spacial score (nSPS) is 17.2. The van der Waals surface area contributed by atoms with Crippen LogP contribution in [-0.4, -0.2) is 63.2 Å². The third kappa shape index (κ3) is 6.99. The van der Waals surface area contributed by atoms with Crippen molar-refractivity contribution in [1.82, 2.24) is 9.88 Å². The summed E-state index contributed by atoms with van der Waals surface area (Å²) < 4.78 is 76.5. The molecule has 0 spiro atoms. The highest BCUT2D eigenvalue weighted by atomic mass is 79.9. The lowest BCUT2D eigenvalue weighted by atomic mass is 10.1. The van der Waals surface area contributed by atoms with E-state index in [0.29, 0.717) is 31.7 Å². The Balaban J connectivity index is 2.05. The number of ether oxygens (including phenoxy) is 1. The molecule has 1 N–H and O–H groups in total. The molecule has 1 atom stereocenters. The summed E-state index contributed by atoms with van der Waals surface area (Å²) in [6, 6.07) is 2.38. The summed E-state index contributed by atoms with van der Waals surface area (Å²) in [5.41, 5.74) is -2.52. The maximum atomic E-state index is 15.3. The molecule has 3 rings (SSSR count). The first kappa shape index (κ1) is 29.3. The van der Waals surface area contributed by atoms with Gasteiger partial charge in [0.15, 0.2) is 5.82 Å². The van der Waals surface area contributed by atoms with Gasteiger partial charge >= 0.3 is 6.18 Å². The van der Waals surface area contributed by atoms with E-state index in [1.54, 1.807) is 4.90 Å². The number of nitrogens with one attached hydrogen (secondary N) is 1. The first-order valence-electron chi connectivity index (χ1n) is 11.7. The van der Waals surface area contributed by atoms with Crippen LogP contribution in [0.4, 0.5) is 33.3 Å². The lowest BCUT2D eigenvalue weighted by Crippen LogP contribution is -2.50. The number of benzene rings is 1. The van der Waals surface area contributed by atoms with Crippen molar-refractivity contribution in [1.29, 1.82) is 0 Å². The second-order valence-corrected chi connectivity index (χ2v) is 16.7. The van der Waals surface area contributed by atoms with Crippen LogP contribution in [0.5, 0.6) is 5.88 Å². The van der Waals surface area contributed by atoms with Crippen LogP contribution in [0.3, 0.4) is 0 Å². The van der Waals surface area contributed by atoms with Gasteiger partial charge < -0.3 is 19.9 Å². The van der Waals surface area contributed by atoms with Crippen LogP contribution >= 0.6 is 15.9 Å². The summed E-state index contributed by atoms with van der Waals surface area (Å²) >= 11 is 2.83. The molecule has 2 heterocycles. The van der Waals surface area contributed by atoms with Gasteiger partial charge in [0, 0.05) is 46.0 Å². The maximum Gasteiger partial charge on any atom is 0.417 e. The zero-order valence-corrected chi connectivity index (χ0v) is 23.9. The summed E-state index contributed by atoms with van der Waals surface area (Å²) in [5.74, 6) is -3.79. The Bertz CT molecular complexity index is 1160. The summed E-state index contributed by atoms with van der Waals surface area (Å²) in [7, 11) is 0.317. The lowest BCUT2D eigenvalue weighted by Gasteiger charge is -2.39. The number of anilines is 2. The first-order valence-corrected chi connectivity index (χ1v) is 16.2. The van der Waals surface area contributed by atoms with E-state index < -0.39 is 59.0 Å². The predicted octanol–water partition coefficient (Wildman–Crippen LogP) is 6.25. The third-order valence-electron chi connectivity index (χ3n) is 6.22. The van der Waals surface area contributed by atoms with E-state index in [2.05, 4.69) is 50.8 Å². The van der Waals surface area contributed by atoms with E-state index in [4.69, 9.17) is 4.74 Å². The number of amides is 1. The molecule has 13 heteroatoms. The smallest absolute Gasteiger partial charge is 0.417 e. The average Bonchev–Trinajstić information content (AvgIpc) is 2.79. The third-order valence-corrected chi connectivity index (χ3v) is 8.65. The van der Waals surface area contributed by atoms with Crippen molar-refractivity contribution in [2.75, 3.05) is 43.5 Å². The van der Waals surface area contributed by atoms with E-state index in [9.17, 15) is 22.4 Å². The largest absolute Gasteiger partial charge is 0.477 e. The van der Waals surface area contributed by atoms with E-state index in [-0.39, 0.29) is 18.3 Å². The van der Waals surface area contributed by atoms with Crippen molar-refractivity contribution in [3.05, 3.63) is 45.6 Å². The van der Waals surface area contributed by atoms with Crippen LogP contribution in [0.25, 0.3) is 0 Å². The number of pyridine rings is 1. The van der Waals surface area contributed by atoms with Gasteiger partial charge in [0.05, 0.1) is 22.3 Å². The molecule has 1 fully saturated rings. The minimum absolute atomic E-state index is 0.0325. The number of nitrogens with zero attached hydrogens (tertiary/aromatic N) is 3. The summed E-state index contributed by atoms with van der Waals surface area (Å²) in [4.78, 5) is 21.0. The number of aromatic nitrogens is 1. The van der Waals surface area contributed by atoms with Gasteiger partial charge in [0.1, 0.15) is 17.1 Å². The van der Waals surface area contributed by atoms with E-state index >= 15 is 4.39 Å². The van der Waals surface area contributed by atoms with Crippen LogP contribution in [0, 0.1) is 11.6 Å². The molecule has 1 aromatic carbocycles. The minimum Gasteiger partial charge on any atom is -0.477 e. The molecule has 204 valence electrons. The van der Waals surface area contributed by atoms with Crippen LogP contribution in [0.15, 0.2) is 22.8 Å². The second kappa shape index (κ2) is 11.2. The Hall–Kier alpha value is -2.25. The van der Waals surface area contributed by atoms with Crippen molar-refractivity contribution in [3.63, 3.8) is 0 Å². The van der Waals surface area contributed by atoms with Crippen molar-refractivity contribution in [2.45, 2.75) is 44.8 Å². The molecular weight excluding hydrogens is 579 g/mol. The molecule has 0 aliphatic carbocycles. The van der Waals surface area contributed by atoms with Gasteiger partial charge in [-0.3, -0.25) is 4.79 Å². The number of carbonyl (C=O) groups excluding carboxylic acids is 1. The number of hydrogen-bond donors (Lipinski definition) is 1. The molecule has 1 aliphatic rings. The minimum atomic E-state index is -4.90. The van der Waals surface area contributed by atoms with E-state index in [1.807, 2.05) is 14.0 Å². The number of halogens is 6. The molecule has 6 nitrogen and oxygen atoms in total. The molecule has 2 aromatic rings. The van der Waals surface area contributed by atoms with Crippen molar-refractivity contribution in [2.24, 2.45) is 0 Å². The topological polar surface area (TPSA) is 57.7 Å². The zero-order chi connectivity index (χ0) is 27.7. The molecule has 0 saturated carbocycles. The predicted molar refractivity (Wildman–Crippen MR) is 139 cm³/mol. The van der Waals surface area contributed by atoms with Gasteiger partial charge in [-0.25, -0.2) is 13.8 Å². The molecule has 1 amide bonds. The van der Waals surface area contributed by atoms with E-state index in [1.165, 1.54) is 0 Å². The first-order chi connectivity index (χ1) is 17.1. The second-order valence-electron chi connectivity index (χ2n) is 10.3. The molecule has 0 unspecified atom stereocenters. The highest BCUT2D eigenvalue weighted by Crippen LogP contribution is 2.39. The lowest BCUT2D eigenvalue weighted by molar-refractivity contribution is -0.138. The van der Waals surface area contributed by atoms with Crippen LogP contribution < -0.4 is 15.0 Å². The Morgan fingerprint density at radius 1 is 1.27 bits per heavy atom. The Labute approximate surface area is 222 Å². The quantitative estimate of drug-likeness (QED) is 0.229. The van der Waals surface area contributed by atoms with E-state index in [0.717, 1.165) is 12.3 Å². The monoisotopic (exact) mass is 608 g/mol. The number of carbonyl (C=O) groups is 1. The molecular formula is C24H30BrF5N4O2Si. The zero-order valence-electron chi connectivity index (χ0n) is 21.3. The Morgan fingerprint density at radius 3 is 2.54 bits per heavy atom. The fourth-order valence-electron chi connectivity index (χ4n) is 3.86. The number of hydrogen-bond acceptors (Lipinski definition) is 5. The summed E-state index contributed by atoms with van der Waals surface area (Å²) in [5, 5.41) is 2.27. The molecule has 1 saturated heterocycles. The standard InChI is InChI=1S/C24H30BrF5N4O2Si/c1-14-13-34(9-8-33(14)2)17-12-16(26)19(25)20(27)21(17)32-22(35)18-15(24(28,29)30)6-7-31-23(18)36-10-11-37(3,4)5/h6-7,12,14H,8-11,13H2,1-5H3,(H,32,35)/t14-/m0/s1. The number of piperazine rings is 1. The SMILES string of the molecule is C[C@H]1CN(c2cc(F)c(Br)c(F)c2NC(=O)c2c(C(F)(F)F)ccnc2OCC[Si](C)(C)C)CCN1C. The van der Waals surface area contributed by atoms with Crippen LogP contribution in [-0.2, 0) is 6.18 Å². The fraction of sp³-hybridized carbons (Fsp3) is 0.500. The summed E-state index contributed by atoms with van der Waals surface area (Å²) in [6.07, 6.45) is -3.99. The Morgan fingerprint density at radius 2 is 1.95 bits per heavy atom. The van der Waals surface area contributed by atoms with Crippen molar-refractivity contribution < 1.29 is 31.5 Å². The number of alkyl halides is 3. The molecule has 1 aliphatic heterocycles. The highest BCUT2D eigenvalue weighted by molar-refractivity contribution is 9.10. The Kier molecular flexibility index (Phi) is 8.90. The number of likely N-dealkylation sites (N-methyl/N-ethyl adjacent to an activating group) is 1. The van der Waals surface area contributed by atoms with Crippen LogP contribution in [0.1, 0.15) is 22.8 Å². The van der Waals surface area contributed by atoms with Gasteiger partial charge in [-0.1, -0.05) is 19.6 Å². The molecule has 0 radical (unpaired) electrons.